The van der Waals surface area contributed by atoms with Crippen LogP contribution in [0, 0.1) is 0 Å². The van der Waals surface area contributed by atoms with Crippen LogP contribution in [0.2, 0.25) is 0 Å². The quantitative estimate of drug-likeness (QED) is 0.452. The minimum Gasteiger partial charge on any atom is -0.481 e. The number of amides is 2. The Hall–Kier alpha value is -1.44. The summed E-state index contributed by atoms with van der Waals surface area (Å²) in [5.41, 5.74) is 0. The molecule has 8 heteroatoms. The normalized spacial score (nSPS) is 11.6. The van der Waals surface area contributed by atoms with Gasteiger partial charge in [0.2, 0.25) is 0 Å². The molecule has 0 rings (SSSR count). The van der Waals surface area contributed by atoms with E-state index < -0.39 is 30.4 Å². The number of hydrogen-bond acceptors (Lipinski definition) is 4. The highest BCUT2D eigenvalue weighted by Crippen LogP contribution is 1.98. The fourth-order valence-corrected chi connectivity index (χ4v) is 1.65. The standard InChI is InChI=1S/C10H18N2O5S/c1-18-5-3-2-4-11-10(17)12-7(9(15)16)6-8(13)14/h7H,2-6H2,1H3,(H,13,14)(H,15,16)(H2,11,12,17)/t7-/m1/s1. The van der Waals surface area contributed by atoms with Gasteiger partial charge in [-0.3, -0.25) is 4.79 Å². The van der Waals surface area contributed by atoms with Crippen LogP contribution in [0.5, 0.6) is 0 Å². The van der Waals surface area contributed by atoms with E-state index in [1.807, 2.05) is 6.26 Å². The minimum atomic E-state index is -1.41. The second-order valence-electron chi connectivity index (χ2n) is 3.59. The molecular weight excluding hydrogens is 260 g/mol. The summed E-state index contributed by atoms with van der Waals surface area (Å²) in [5.74, 6) is -1.64. The topological polar surface area (TPSA) is 116 Å². The van der Waals surface area contributed by atoms with E-state index in [1.165, 1.54) is 0 Å². The van der Waals surface area contributed by atoms with Crippen LogP contribution in [0.15, 0.2) is 0 Å². The van der Waals surface area contributed by atoms with Gasteiger partial charge in [-0.2, -0.15) is 11.8 Å². The van der Waals surface area contributed by atoms with Gasteiger partial charge in [-0.15, -0.1) is 0 Å². The van der Waals surface area contributed by atoms with Gasteiger partial charge in [0.15, 0.2) is 0 Å². The maximum atomic E-state index is 11.3. The van der Waals surface area contributed by atoms with Crippen LogP contribution in [0.1, 0.15) is 19.3 Å². The van der Waals surface area contributed by atoms with Gasteiger partial charge in [-0.25, -0.2) is 9.59 Å². The molecule has 0 bridgehead atoms. The van der Waals surface area contributed by atoms with Gasteiger partial charge >= 0.3 is 18.0 Å². The van der Waals surface area contributed by atoms with Crippen LogP contribution in [-0.4, -0.2) is 52.8 Å². The number of carboxylic acids is 2. The van der Waals surface area contributed by atoms with Crippen LogP contribution < -0.4 is 10.6 Å². The van der Waals surface area contributed by atoms with Crippen molar-refractivity contribution in [3.8, 4) is 0 Å². The molecule has 0 aromatic rings. The van der Waals surface area contributed by atoms with Gasteiger partial charge < -0.3 is 20.8 Å². The molecule has 0 aliphatic heterocycles. The van der Waals surface area contributed by atoms with Crippen molar-refractivity contribution in [2.24, 2.45) is 0 Å². The molecule has 0 unspecified atom stereocenters. The highest BCUT2D eigenvalue weighted by Gasteiger charge is 2.22. The van der Waals surface area contributed by atoms with E-state index in [9.17, 15) is 14.4 Å². The molecule has 1 atom stereocenters. The van der Waals surface area contributed by atoms with E-state index in [1.54, 1.807) is 11.8 Å². The van der Waals surface area contributed by atoms with Gasteiger partial charge in [-0.05, 0) is 24.9 Å². The zero-order chi connectivity index (χ0) is 14.0. The van der Waals surface area contributed by atoms with Crippen molar-refractivity contribution < 1.29 is 24.6 Å². The highest BCUT2D eigenvalue weighted by molar-refractivity contribution is 7.98. The molecule has 0 saturated carbocycles. The third-order valence-electron chi connectivity index (χ3n) is 2.04. The third kappa shape index (κ3) is 8.68. The van der Waals surface area contributed by atoms with E-state index in [2.05, 4.69) is 10.6 Å². The maximum absolute atomic E-state index is 11.3. The molecule has 7 nitrogen and oxygen atoms in total. The van der Waals surface area contributed by atoms with Crippen molar-refractivity contribution in [2.75, 3.05) is 18.6 Å². The van der Waals surface area contributed by atoms with Crippen molar-refractivity contribution in [1.29, 1.82) is 0 Å². The number of urea groups is 1. The maximum Gasteiger partial charge on any atom is 0.326 e. The summed E-state index contributed by atoms with van der Waals surface area (Å²) in [5, 5.41) is 21.8. The van der Waals surface area contributed by atoms with Crippen LogP contribution in [0.3, 0.4) is 0 Å². The van der Waals surface area contributed by atoms with E-state index in [0.717, 1.165) is 18.6 Å². The SMILES string of the molecule is CSCCCCNC(=O)N[C@H](CC(=O)O)C(=O)O. The van der Waals surface area contributed by atoms with Gasteiger partial charge in [0.05, 0.1) is 6.42 Å². The molecule has 0 aliphatic rings. The van der Waals surface area contributed by atoms with Crippen molar-refractivity contribution in [3.63, 3.8) is 0 Å². The fraction of sp³-hybridized carbons (Fsp3) is 0.700. The smallest absolute Gasteiger partial charge is 0.326 e. The Morgan fingerprint density at radius 3 is 2.39 bits per heavy atom. The number of thioether (sulfide) groups is 1. The second kappa shape index (κ2) is 9.58. The van der Waals surface area contributed by atoms with E-state index in [-0.39, 0.29) is 0 Å². The summed E-state index contributed by atoms with van der Waals surface area (Å²) in [7, 11) is 0. The molecule has 0 heterocycles. The molecule has 2 amide bonds. The summed E-state index contributed by atoms with van der Waals surface area (Å²) in [4.78, 5) is 32.4. The van der Waals surface area contributed by atoms with E-state index in [0.29, 0.717) is 6.54 Å². The molecule has 0 fully saturated rings. The molecule has 104 valence electrons. The lowest BCUT2D eigenvalue weighted by atomic mass is 10.2. The van der Waals surface area contributed by atoms with Crippen molar-refractivity contribution in [3.05, 3.63) is 0 Å². The average molecular weight is 278 g/mol. The lowest BCUT2D eigenvalue weighted by Crippen LogP contribution is -2.47. The zero-order valence-electron chi connectivity index (χ0n) is 10.1. The molecule has 0 aromatic carbocycles. The first kappa shape index (κ1) is 16.6. The van der Waals surface area contributed by atoms with Crippen molar-refractivity contribution in [1.82, 2.24) is 10.6 Å². The number of unbranched alkanes of at least 4 members (excludes halogenated alkanes) is 1. The number of carbonyl (C=O) groups excluding carboxylic acids is 1. The van der Waals surface area contributed by atoms with Gasteiger partial charge in [0.1, 0.15) is 6.04 Å². The van der Waals surface area contributed by atoms with Gasteiger partial charge in [-0.1, -0.05) is 0 Å². The van der Waals surface area contributed by atoms with E-state index in [4.69, 9.17) is 10.2 Å². The third-order valence-corrected chi connectivity index (χ3v) is 2.74. The molecule has 0 saturated heterocycles. The predicted octanol–water partition coefficient (Wildman–Crippen LogP) is 0.357. The summed E-state index contributed by atoms with van der Waals surface area (Å²) >= 11 is 1.71. The number of hydrogen-bond donors (Lipinski definition) is 4. The lowest BCUT2D eigenvalue weighted by molar-refractivity contribution is -0.145. The summed E-state index contributed by atoms with van der Waals surface area (Å²) < 4.78 is 0. The Morgan fingerprint density at radius 1 is 1.22 bits per heavy atom. The van der Waals surface area contributed by atoms with Crippen LogP contribution in [0.25, 0.3) is 0 Å². The molecular formula is C10H18N2O5S. The molecule has 18 heavy (non-hydrogen) atoms. The number of carbonyl (C=O) groups is 3. The van der Waals surface area contributed by atoms with Crippen molar-refractivity contribution >= 4 is 29.7 Å². The average Bonchev–Trinajstić information content (AvgIpc) is 2.27. The van der Waals surface area contributed by atoms with E-state index >= 15 is 0 Å². The largest absolute Gasteiger partial charge is 0.481 e. The Morgan fingerprint density at radius 2 is 1.89 bits per heavy atom. The summed E-state index contributed by atoms with van der Waals surface area (Å²) in [6.07, 6.45) is 3.10. The van der Waals surface area contributed by atoms with Gasteiger partial charge in [0, 0.05) is 6.54 Å². The minimum absolute atomic E-state index is 0.436. The first-order valence-corrected chi connectivity index (χ1v) is 6.84. The Bertz CT molecular complexity index is 298. The summed E-state index contributed by atoms with van der Waals surface area (Å²) in [6, 6.07) is -2.07. The number of carboxylic acid groups (broad SMARTS) is 2. The van der Waals surface area contributed by atoms with Gasteiger partial charge in [0.25, 0.3) is 0 Å². The van der Waals surface area contributed by atoms with Crippen LogP contribution >= 0.6 is 11.8 Å². The second-order valence-corrected chi connectivity index (χ2v) is 4.57. The molecule has 4 N–H and O–H groups in total. The number of nitrogens with one attached hydrogen (secondary N) is 2. The Kier molecular flexibility index (Phi) is 8.81. The highest BCUT2D eigenvalue weighted by atomic mass is 32.2. The van der Waals surface area contributed by atoms with Crippen LogP contribution in [-0.2, 0) is 9.59 Å². The first-order chi connectivity index (χ1) is 8.47. The number of aliphatic carboxylic acids is 2. The predicted molar refractivity (Wildman–Crippen MR) is 67.8 cm³/mol. The molecule has 0 aromatic heterocycles. The summed E-state index contributed by atoms with van der Waals surface area (Å²) in [6.45, 7) is 0.436. The van der Waals surface area contributed by atoms with Crippen LogP contribution in [0.4, 0.5) is 4.79 Å². The monoisotopic (exact) mass is 278 g/mol. The Labute approximate surface area is 109 Å². The first-order valence-electron chi connectivity index (χ1n) is 5.45. The number of rotatable bonds is 9. The Balaban J connectivity index is 3.88. The fourth-order valence-electron chi connectivity index (χ4n) is 1.16. The molecule has 0 spiro atoms. The molecule has 0 aliphatic carbocycles. The zero-order valence-corrected chi connectivity index (χ0v) is 11.0. The van der Waals surface area contributed by atoms with Crippen molar-refractivity contribution in [2.45, 2.75) is 25.3 Å². The molecule has 0 radical (unpaired) electrons. The lowest BCUT2D eigenvalue weighted by Gasteiger charge is -2.13.